The van der Waals surface area contributed by atoms with Crippen LogP contribution in [0.3, 0.4) is 0 Å². The number of sulfonamides is 1. The van der Waals surface area contributed by atoms with Crippen molar-refractivity contribution in [1.82, 2.24) is 18.8 Å². The highest BCUT2D eigenvalue weighted by Gasteiger charge is 2.27. The average molecular weight is 508 g/mol. The number of benzene rings is 2. The number of aryl methyl sites for hydroxylation is 2. The molecule has 0 bridgehead atoms. The monoisotopic (exact) mass is 507 g/mol. The van der Waals surface area contributed by atoms with Gasteiger partial charge in [-0.15, -0.1) is 0 Å². The molecule has 186 valence electrons. The summed E-state index contributed by atoms with van der Waals surface area (Å²) in [6, 6.07) is 16.9. The fourth-order valence-electron chi connectivity index (χ4n) is 3.86. The summed E-state index contributed by atoms with van der Waals surface area (Å²) in [6.07, 6.45) is 0.0849. The standard InChI is InChI=1S/C25H25N5O5S/c1-16-8-7-11-22(26-16)27-23(31)20(14-17-9-5-4-6-10-17)28-36(34,35)18-12-13-21-19(15-18)24(32)30(3)25(33)29(21)2/h4-13,15,20,28H,14H2,1-3H3,(H,26,27,31)/t20-/m1/s1. The molecule has 0 fully saturated rings. The zero-order valence-electron chi connectivity index (χ0n) is 19.9. The molecular weight excluding hydrogens is 482 g/mol. The van der Waals surface area contributed by atoms with E-state index in [0.717, 1.165) is 10.1 Å². The first-order valence-corrected chi connectivity index (χ1v) is 12.6. The summed E-state index contributed by atoms with van der Waals surface area (Å²) >= 11 is 0. The molecule has 1 amide bonds. The van der Waals surface area contributed by atoms with Gasteiger partial charge < -0.3 is 5.32 Å². The molecule has 0 radical (unpaired) electrons. The Morgan fingerprint density at radius 2 is 1.69 bits per heavy atom. The third kappa shape index (κ3) is 5.11. The molecular formula is C25H25N5O5S. The highest BCUT2D eigenvalue weighted by atomic mass is 32.2. The molecule has 0 unspecified atom stereocenters. The Balaban J connectivity index is 1.71. The second kappa shape index (κ2) is 9.88. The summed E-state index contributed by atoms with van der Waals surface area (Å²) in [5.74, 6) is -0.285. The van der Waals surface area contributed by atoms with Crippen LogP contribution in [-0.2, 0) is 35.3 Å². The molecule has 2 aromatic carbocycles. The Morgan fingerprint density at radius 1 is 0.972 bits per heavy atom. The predicted octanol–water partition coefficient (Wildman–Crippen LogP) is 1.47. The van der Waals surface area contributed by atoms with Crippen molar-refractivity contribution < 1.29 is 13.2 Å². The van der Waals surface area contributed by atoms with E-state index < -0.39 is 33.2 Å². The van der Waals surface area contributed by atoms with E-state index in [4.69, 9.17) is 0 Å². The number of hydrogen-bond acceptors (Lipinski definition) is 6. The zero-order valence-corrected chi connectivity index (χ0v) is 20.7. The van der Waals surface area contributed by atoms with Gasteiger partial charge in [-0.25, -0.2) is 18.2 Å². The summed E-state index contributed by atoms with van der Waals surface area (Å²) in [6.45, 7) is 1.78. The molecule has 2 heterocycles. The van der Waals surface area contributed by atoms with E-state index in [1.54, 1.807) is 49.4 Å². The third-order valence-electron chi connectivity index (χ3n) is 5.78. The van der Waals surface area contributed by atoms with E-state index in [0.29, 0.717) is 17.0 Å². The Kier molecular flexibility index (Phi) is 6.86. The van der Waals surface area contributed by atoms with Gasteiger partial charge >= 0.3 is 5.69 Å². The minimum atomic E-state index is -4.24. The van der Waals surface area contributed by atoms with Crippen LogP contribution in [0.2, 0.25) is 0 Å². The van der Waals surface area contributed by atoms with E-state index in [9.17, 15) is 22.8 Å². The first-order chi connectivity index (χ1) is 17.1. The number of rotatable bonds is 7. The van der Waals surface area contributed by atoms with Crippen molar-refractivity contribution >= 4 is 32.7 Å². The second-order valence-corrected chi connectivity index (χ2v) is 10.1. The number of hydrogen-bond donors (Lipinski definition) is 2. The molecule has 2 N–H and O–H groups in total. The summed E-state index contributed by atoms with van der Waals surface area (Å²) in [5.41, 5.74) is 0.603. The van der Waals surface area contributed by atoms with Gasteiger partial charge in [0.2, 0.25) is 15.9 Å². The van der Waals surface area contributed by atoms with Crippen molar-refractivity contribution in [3.05, 3.63) is 98.8 Å². The lowest BCUT2D eigenvalue weighted by Gasteiger charge is -2.19. The van der Waals surface area contributed by atoms with Crippen molar-refractivity contribution in [2.75, 3.05) is 5.32 Å². The van der Waals surface area contributed by atoms with Crippen LogP contribution < -0.4 is 21.3 Å². The number of nitrogens with one attached hydrogen (secondary N) is 2. The fourth-order valence-corrected chi connectivity index (χ4v) is 5.08. The number of fused-ring (bicyclic) bond motifs is 1. The van der Waals surface area contributed by atoms with E-state index in [2.05, 4.69) is 15.0 Å². The third-order valence-corrected chi connectivity index (χ3v) is 7.25. The summed E-state index contributed by atoms with van der Waals surface area (Å²) in [5, 5.41) is 2.73. The molecule has 36 heavy (non-hydrogen) atoms. The predicted molar refractivity (Wildman–Crippen MR) is 136 cm³/mol. The van der Waals surface area contributed by atoms with Gasteiger partial charge in [0, 0.05) is 19.8 Å². The lowest BCUT2D eigenvalue weighted by molar-refractivity contribution is -0.117. The first-order valence-electron chi connectivity index (χ1n) is 11.1. The minimum Gasteiger partial charge on any atom is -0.309 e. The number of carbonyl (C=O) groups excluding carboxylic acids is 1. The van der Waals surface area contributed by atoms with Crippen molar-refractivity contribution in [2.24, 2.45) is 14.1 Å². The van der Waals surface area contributed by atoms with E-state index >= 15 is 0 Å². The van der Waals surface area contributed by atoms with Crippen LogP contribution in [0.4, 0.5) is 5.82 Å². The van der Waals surface area contributed by atoms with Gasteiger partial charge in [0.1, 0.15) is 11.9 Å². The highest BCUT2D eigenvalue weighted by Crippen LogP contribution is 2.17. The van der Waals surface area contributed by atoms with Crippen molar-refractivity contribution in [3.8, 4) is 0 Å². The fraction of sp³-hybridized carbons (Fsp3) is 0.200. The van der Waals surface area contributed by atoms with Gasteiger partial charge in [-0.05, 0) is 49.2 Å². The van der Waals surface area contributed by atoms with Crippen molar-refractivity contribution in [3.63, 3.8) is 0 Å². The molecule has 1 atom stereocenters. The number of aromatic nitrogens is 3. The molecule has 4 aromatic rings. The van der Waals surface area contributed by atoms with E-state index in [1.807, 2.05) is 6.07 Å². The van der Waals surface area contributed by atoms with Gasteiger partial charge in [0.15, 0.2) is 0 Å². The van der Waals surface area contributed by atoms with Gasteiger partial charge in [-0.1, -0.05) is 36.4 Å². The molecule has 11 heteroatoms. The second-order valence-electron chi connectivity index (χ2n) is 8.40. The number of pyridine rings is 1. The highest BCUT2D eigenvalue weighted by molar-refractivity contribution is 7.89. The van der Waals surface area contributed by atoms with Crippen molar-refractivity contribution in [1.29, 1.82) is 0 Å². The molecule has 0 aliphatic carbocycles. The number of amides is 1. The van der Waals surface area contributed by atoms with E-state index in [1.165, 1.54) is 36.9 Å². The maximum atomic E-state index is 13.4. The van der Waals surface area contributed by atoms with E-state index in [-0.39, 0.29) is 16.7 Å². The maximum absolute atomic E-state index is 13.4. The quantitative estimate of drug-likeness (QED) is 0.389. The lowest BCUT2D eigenvalue weighted by Crippen LogP contribution is -2.45. The van der Waals surface area contributed by atoms with Gasteiger partial charge in [0.25, 0.3) is 5.56 Å². The SMILES string of the molecule is Cc1cccc(NC(=O)[C@@H](Cc2ccccc2)NS(=O)(=O)c2ccc3c(c2)c(=O)n(C)c(=O)n3C)n1. The molecule has 10 nitrogen and oxygen atoms in total. The molecule has 0 saturated carbocycles. The van der Waals surface area contributed by atoms with Crippen LogP contribution in [0.15, 0.2) is 81.2 Å². The lowest BCUT2D eigenvalue weighted by atomic mass is 10.1. The Bertz CT molecular complexity index is 1680. The van der Waals surface area contributed by atoms with Gasteiger partial charge in [0.05, 0.1) is 15.8 Å². The summed E-state index contributed by atoms with van der Waals surface area (Å²) in [7, 11) is -1.42. The molecule has 0 spiro atoms. The molecule has 0 saturated heterocycles. The average Bonchev–Trinajstić information content (AvgIpc) is 2.86. The molecule has 2 aromatic heterocycles. The van der Waals surface area contributed by atoms with Crippen LogP contribution >= 0.6 is 0 Å². The smallest absolute Gasteiger partial charge is 0.309 e. The first kappa shape index (κ1) is 25.0. The maximum Gasteiger partial charge on any atom is 0.330 e. The van der Waals surface area contributed by atoms with Crippen LogP contribution in [0.1, 0.15) is 11.3 Å². The minimum absolute atomic E-state index is 0.0653. The zero-order chi connectivity index (χ0) is 26.0. The summed E-state index contributed by atoms with van der Waals surface area (Å²) in [4.78, 5) is 42.1. The summed E-state index contributed by atoms with van der Waals surface area (Å²) < 4.78 is 31.3. The molecule has 0 aliphatic rings. The van der Waals surface area contributed by atoms with Gasteiger partial charge in [-0.2, -0.15) is 4.72 Å². The van der Waals surface area contributed by atoms with Crippen LogP contribution in [0.5, 0.6) is 0 Å². The van der Waals surface area contributed by atoms with Crippen LogP contribution in [-0.4, -0.2) is 34.5 Å². The largest absolute Gasteiger partial charge is 0.330 e. The Morgan fingerprint density at radius 3 is 2.39 bits per heavy atom. The Labute approximate surface area is 207 Å². The number of nitrogens with zero attached hydrogens (tertiary/aromatic N) is 3. The van der Waals surface area contributed by atoms with Gasteiger partial charge in [-0.3, -0.25) is 18.7 Å². The normalized spacial score (nSPS) is 12.4. The number of anilines is 1. The molecule has 4 rings (SSSR count). The van der Waals surface area contributed by atoms with Crippen LogP contribution in [0, 0.1) is 6.92 Å². The number of carbonyl (C=O) groups is 1. The van der Waals surface area contributed by atoms with Crippen LogP contribution in [0.25, 0.3) is 10.9 Å². The van der Waals surface area contributed by atoms with Crippen molar-refractivity contribution in [2.45, 2.75) is 24.3 Å². The Hall–Kier alpha value is -4.09. The molecule has 0 aliphatic heterocycles. The topological polar surface area (TPSA) is 132 Å².